The number of carbonyl (C=O) groups excluding carboxylic acids is 1. The van der Waals surface area contributed by atoms with E-state index in [1.165, 1.54) is 0 Å². The van der Waals surface area contributed by atoms with Crippen LogP contribution in [0.5, 0.6) is 0 Å². The van der Waals surface area contributed by atoms with E-state index in [-0.39, 0.29) is 12.2 Å². The summed E-state index contributed by atoms with van der Waals surface area (Å²) in [7, 11) is -3.95. The first-order valence-corrected chi connectivity index (χ1v) is 13.8. The van der Waals surface area contributed by atoms with Crippen molar-refractivity contribution >= 4 is 23.0 Å². The van der Waals surface area contributed by atoms with E-state index < -0.39 is 16.9 Å². The molecule has 0 heterocycles. The van der Waals surface area contributed by atoms with Crippen LogP contribution >= 0.6 is 0 Å². The fraction of sp³-hybridized carbons (Fsp3) is 0.929. The van der Waals surface area contributed by atoms with Gasteiger partial charge in [-0.25, -0.2) is 4.79 Å². The maximum absolute atomic E-state index is 11.6. The van der Waals surface area contributed by atoms with Crippen LogP contribution in [0, 0.1) is 0 Å². The fourth-order valence-electron chi connectivity index (χ4n) is 1.89. The zero-order chi connectivity index (χ0) is 16.5. The van der Waals surface area contributed by atoms with Gasteiger partial charge in [-0.1, -0.05) is 6.92 Å². The third kappa shape index (κ3) is 10.9. The molecule has 0 rings (SSSR count). The molecule has 0 fully saturated rings. The van der Waals surface area contributed by atoms with E-state index in [4.69, 9.17) is 13.3 Å². The summed E-state index contributed by atoms with van der Waals surface area (Å²) in [5.41, 5.74) is 0. The molecule has 0 radical (unpaired) electrons. The van der Waals surface area contributed by atoms with Gasteiger partial charge in [-0.15, -0.1) is 0 Å². The molecule has 0 saturated heterocycles. The van der Waals surface area contributed by atoms with Gasteiger partial charge in [0.1, 0.15) is 0 Å². The predicted octanol–water partition coefficient (Wildman–Crippen LogP) is 3.86. The van der Waals surface area contributed by atoms with Crippen LogP contribution < -0.4 is 5.32 Å². The fourth-order valence-corrected chi connectivity index (χ4v) is 5.30. The van der Waals surface area contributed by atoms with Crippen LogP contribution in [0.1, 0.15) is 33.6 Å². The SMILES string of the molecule is CCO[Si](C)(CCCNC(=O)O[Si](C)(C)C)OC(C)CC. The summed E-state index contributed by atoms with van der Waals surface area (Å²) < 4.78 is 17.3. The number of nitrogens with one attached hydrogen (secondary N) is 1. The summed E-state index contributed by atoms with van der Waals surface area (Å²) in [4.78, 5) is 11.6. The first kappa shape index (κ1) is 20.6. The van der Waals surface area contributed by atoms with Crippen LogP contribution in [0.15, 0.2) is 0 Å². The lowest BCUT2D eigenvalue weighted by Crippen LogP contribution is -2.42. The van der Waals surface area contributed by atoms with Crippen LogP contribution in [0.4, 0.5) is 4.79 Å². The zero-order valence-corrected chi connectivity index (χ0v) is 16.7. The van der Waals surface area contributed by atoms with Crippen molar-refractivity contribution in [1.82, 2.24) is 5.32 Å². The Morgan fingerprint density at radius 1 is 1.19 bits per heavy atom. The van der Waals surface area contributed by atoms with E-state index in [9.17, 15) is 4.79 Å². The van der Waals surface area contributed by atoms with Crippen LogP contribution in [-0.2, 0) is 13.3 Å². The Bertz CT molecular complexity index is 310. The molecule has 0 aliphatic carbocycles. The molecule has 0 aliphatic rings. The van der Waals surface area contributed by atoms with E-state index in [0.29, 0.717) is 13.2 Å². The summed E-state index contributed by atoms with van der Waals surface area (Å²) >= 11 is 0. The minimum absolute atomic E-state index is 0.220. The molecular weight excluding hydrogens is 302 g/mol. The molecule has 0 aliphatic heterocycles. The molecule has 1 N–H and O–H groups in total. The molecule has 0 aromatic rings. The maximum atomic E-state index is 11.6. The topological polar surface area (TPSA) is 56.8 Å². The molecule has 21 heavy (non-hydrogen) atoms. The van der Waals surface area contributed by atoms with Gasteiger partial charge in [0.25, 0.3) is 0 Å². The lowest BCUT2D eigenvalue weighted by atomic mass is 10.3. The van der Waals surface area contributed by atoms with Gasteiger partial charge in [0.05, 0.1) is 0 Å². The molecular formula is C14H33NO4Si2. The van der Waals surface area contributed by atoms with E-state index in [1.807, 2.05) is 26.6 Å². The molecule has 0 saturated carbocycles. The highest BCUT2D eigenvalue weighted by atomic mass is 28.4. The Hall–Kier alpha value is -0.376. The van der Waals surface area contributed by atoms with Gasteiger partial charge in [0, 0.05) is 19.3 Å². The second-order valence-electron chi connectivity index (χ2n) is 6.44. The molecule has 5 nitrogen and oxygen atoms in total. The van der Waals surface area contributed by atoms with E-state index in [2.05, 4.69) is 25.7 Å². The Kier molecular flexibility index (Phi) is 9.43. The third-order valence-corrected chi connectivity index (χ3v) is 6.81. The minimum atomic E-state index is -2.14. The molecule has 0 aromatic heterocycles. The second-order valence-corrected chi connectivity index (χ2v) is 14.2. The Balaban J connectivity index is 4.12. The van der Waals surface area contributed by atoms with Crippen molar-refractivity contribution in [3.63, 3.8) is 0 Å². The van der Waals surface area contributed by atoms with Crippen LogP contribution in [0.3, 0.4) is 0 Å². The standard InChI is InChI=1S/C14H33NO4Si2/c1-8-13(3)18-21(7,17-9-2)12-10-11-15-14(16)19-20(4,5)6/h13H,8-12H2,1-7H3,(H,15,16). The molecule has 126 valence electrons. The van der Waals surface area contributed by atoms with Gasteiger partial charge in [-0.2, -0.15) is 0 Å². The predicted molar refractivity (Wildman–Crippen MR) is 91.3 cm³/mol. The van der Waals surface area contributed by atoms with Gasteiger partial charge < -0.3 is 18.6 Å². The first-order valence-electron chi connectivity index (χ1n) is 7.90. The summed E-state index contributed by atoms with van der Waals surface area (Å²) in [5, 5.41) is 2.81. The number of hydrogen-bond acceptors (Lipinski definition) is 4. The van der Waals surface area contributed by atoms with E-state index in [1.54, 1.807) is 0 Å². The van der Waals surface area contributed by atoms with Crippen LogP contribution in [0.2, 0.25) is 32.2 Å². The van der Waals surface area contributed by atoms with Crippen molar-refractivity contribution in [2.75, 3.05) is 13.2 Å². The average molecular weight is 336 g/mol. The van der Waals surface area contributed by atoms with Gasteiger partial charge in [-0.05, 0) is 58.9 Å². The van der Waals surface area contributed by atoms with Crippen molar-refractivity contribution in [1.29, 1.82) is 0 Å². The quantitative estimate of drug-likeness (QED) is 0.486. The highest BCUT2D eigenvalue weighted by molar-refractivity contribution is 6.71. The van der Waals surface area contributed by atoms with Gasteiger partial charge in [0.15, 0.2) is 0 Å². The first-order chi connectivity index (χ1) is 9.62. The Morgan fingerprint density at radius 2 is 1.81 bits per heavy atom. The lowest BCUT2D eigenvalue weighted by molar-refractivity contribution is 0.127. The molecule has 7 heteroatoms. The summed E-state index contributed by atoms with van der Waals surface area (Å²) in [5.74, 6) is 0. The van der Waals surface area contributed by atoms with Crippen molar-refractivity contribution in [2.45, 2.75) is 71.9 Å². The van der Waals surface area contributed by atoms with Crippen molar-refractivity contribution in [2.24, 2.45) is 0 Å². The molecule has 2 atom stereocenters. The Labute approximate surface area is 132 Å². The number of amides is 1. The average Bonchev–Trinajstić information content (AvgIpc) is 2.32. The second kappa shape index (κ2) is 9.60. The van der Waals surface area contributed by atoms with Crippen LogP contribution in [0.25, 0.3) is 0 Å². The highest BCUT2D eigenvalue weighted by Crippen LogP contribution is 2.19. The number of rotatable bonds is 10. The summed E-state index contributed by atoms with van der Waals surface area (Å²) in [6.45, 7) is 15.5. The Morgan fingerprint density at radius 3 is 2.29 bits per heavy atom. The summed E-state index contributed by atoms with van der Waals surface area (Å²) in [6.07, 6.45) is 1.74. The molecule has 0 spiro atoms. The number of carbonyl (C=O) groups is 1. The van der Waals surface area contributed by atoms with Gasteiger partial charge >= 0.3 is 14.7 Å². The zero-order valence-electron chi connectivity index (χ0n) is 14.7. The smallest absolute Gasteiger partial charge is 0.393 e. The van der Waals surface area contributed by atoms with Crippen molar-refractivity contribution in [3.05, 3.63) is 0 Å². The molecule has 2 unspecified atom stereocenters. The number of hydrogen-bond donors (Lipinski definition) is 1. The molecule has 0 bridgehead atoms. The maximum Gasteiger partial charge on any atom is 0.393 e. The molecule has 0 aromatic carbocycles. The van der Waals surface area contributed by atoms with Crippen molar-refractivity contribution in [3.8, 4) is 0 Å². The summed E-state index contributed by atoms with van der Waals surface area (Å²) in [6, 6.07) is 0.873. The lowest BCUT2D eigenvalue weighted by Gasteiger charge is -2.29. The largest absolute Gasteiger partial charge is 0.504 e. The van der Waals surface area contributed by atoms with E-state index >= 15 is 0 Å². The normalized spacial score (nSPS) is 16.1. The van der Waals surface area contributed by atoms with Gasteiger partial charge in [0.2, 0.25) is 8.32 Å². The molecule has 1 amide bonds. The third-order valence-electron chi connectivity index (χ3n) is 2.95. The highest BCUT2D eigenvalue weighted by Gasteiger charge is 2.32. The van der Waals surface area contributed by atoms with Crippen LogP contribution in [-0.4, -0.2) is 42.2 Å². The van der Waals surface area contributed by atoms with Crippen molar-refractivity contribution < 1.29 is 18.1 Å². The van der Waals surface area contributed by atoms with Gasteiger partial charge in [-0.3, -0.25) is 0 Å². The monoisotopic (exact) mass is 335 g/mol. The van der Waals surface area contributed by atoms with E-state index in [0.717, 1.165) is 18.9 Å². The minimum Gasteiger partial charge on any atom is -0.504 e.